The summed E-state index contributed by atoms with van der Waals surface area (Å²) in [6.45, 7) is 6.26. The van der Waals surface area contributed by atoms with Gasteiger partial charge < -0.3 is 10.1 Å². The van der Waals surface area contributed by atoms with E-state index < -0.39 is 0 Å². The Balaban J connectivity index is 2.39. The second-order valence-electron chi connectivity index (χ2n) is 8.39. The minimum atomic E-state index is -0.356. The number of unbranched alkanes of at least 4 members (excludes halogenated alkanes) is 6. The second kappa shape index (κ2) is 16.1. The largest absolute Gasteiger partial charge is 0.499 e. The number of allylic oxidation sites excluding steroid dienone is 1. The summed E-state index contributed by atoms with van der Waals surface area (Å²) in [5, 5.41) is 2.99. The molecule has 0 radical (unpaired) electrons. The topological polar surface area (TPSA) is 75.7 Å². The Hall–Kier alpha value is -2.55. The van der Waals surface area contributed by atoms with Gasteiger partial charge in [0.25, 0.3) is 5.91 Å². The van der Waals surface area contributed by atoms with Gasteiger partial charge in [0.1, 0.15) is 5.76 Å². The molecule has 3 amide bonds. The SMILES string of the molecule is C#CCCCCCC(=O)N1C(=O)C=C(OC)[C@@H]1CCCCNC(=O)[C@H](C)CCCCC=C. The van der Waals surface area contributed by atoms with Gasteiger partial charge in [0.2, 0.25) is 11.8 Å². The van der Waals surface area contributed by atoms with Crippen LogP contribution < -0.4 is 5.32 Å². The number of ether oxygens (including phenoxy) is 1. The molecule has 1 aliphatic rings. The molecule has 0 bridgehead atoms. The fraction of sp³-hybridized carbons (Fsp3) is 0.654. The van der Waals surface area contributed by atoms with Crippen molar-refractivity contribution in [1.82, 2.24) is 10.2 Å². The number of nitrogens with one attached hydrogen (secondary N) is 1. The summed E-state index contributed by atoms with van der Waals surface area (Å²) in [7, 11) is 1.52. The van der Waals surface area contributed by atoms with Crippen molar-refractivity contribution in [3.63, 3.8) is 0 Å². The molecule has 0 fully saturated rings. The maximum atomic E-state index is 12.7. The summed E-state index contributed by atoms with van der Waals surface area (Å²) in [4.78, 5) is 38.6. The lowest BCUT2D eigenvalue weighted by Gasteiger charge is -2.25. The van der Waals surface area contributed by atoms with Crippen LogP contribution in [0.1, 0.15) is 84.0 Å². The molecule has 1 rings (SSSR count). The Labute approximate surface area is 193 Å². The molecule has 6 heteroatoms. The van der Waals surface area contributed by atoms with Gasteiger partial charge in [-0.25, -0.2) is 0 Å². The van der Waals surface area contributed by atoms with Gasteiger partial charge in [-0.2, -0.15) is 0 Å². The van der Waals surface area contributed by atoms with E-state index in [2.05, 4.69) is 17.8 Å². The number of terminal acetylenes is 1. The number of amides is 3. The van der Waals surface area contributed by atoms with E-state index in [0.717, 1.165) is 57.8 Å². The first kappa shape index (κ1) is 27.5. The molecular weight excluding hydrogens is 404 g/mol. The molecule has 0 aliphatic carbocycles. The van der Waals surface area contributed by atoms with Crippen LogP contribution in [0.5, 0.6) is 0 Å². The predicted molar refractivity (Wildman–Crippen MR) is 127 cm³/mol. The molecule has 0 aromatic rings. The number of hydrogen-bond donors (Lipinski definition) is 1. The molecule has 0 saturated carbocycles. The summed E-state index contributed by atoms with van der Waals surface area (Å²) in [5.41, 5.74) is 0. The first-order valence-corrected chi connectivity index (χ1v) is 11.9. The normalized spacial score (nSPS) is 16.3. The van der Waals surface area contributed by atoms with Crippen molar-refractivity contribution >= 4 is 17.7 Å². The van der Waals surface area contributed by atoms with Crippen molar-refractivity contribution in [2.75, 3.05) is 13.7 Å². The lowest BCUT2D eigenvalue weighted by Crippen LogP contribution is -2.40. The number of hydrogen-bond acceptors (Lipinski definition) is 4. The fourth-order valence-electron chi connectivity index (χ4n) is 3.85. The van der Waals surface area contributed by atoms with Gasteiger partial charge in [0.05, 0.1) is 13.2 Å². The van der Waals surface area contributed by atoms with Gasteiger partial charge in [0.15, 0.2) is 0 Å². The van der Waals surface area contributed by atoms with E-state index in [9.17, 15) is 14.4 Å². The zero-order valence-corrected chi connectivity index (χ0v) is 19.9. The Morgan fingerprint density at radius 3 is 2.72 bits per heavy atom. The smallest absolute Gasteiger partial charge is 0.257 e. The third-order valence-electron chi connectivity index (χ3n) is 5.81. The van der Waals surface area contributed by atoms with Crippen LogP contribution in [0.2, 0.25) is 0 Å². The first-order valence-electron chi connectivity index (χ1n) is 11.9. The lowest BCUT2D eigenvalue weighted by atomic mass is 10.0. The molecule has 2 atom stereocenters. The molecule has 0 saturated heterocycles. The molecule has 6 nitrogen and oxygen atoms in total. The van der Waals surface area contributed by atoms with Crippen LogP contribution in [0, 0.1) is 18.3 Å². The third-order valence-corrected chi connectivity index (χ3v) is 5.81. The highest BCUT2D eigenvalue weighted by Crippen LogP contribution is 2.26. The second-order valence-corrected chi connectivity index (χ2v) is 8.39. The van der Waals surface area contributed by atoms with Crippen LogP contribution in [-0.2, 0) is 19.1 Å². The van der Waals surface area contributed by atoms with Crippen LogP contribution in [0.3, 0.4) is 0 Å². The molecular formula is C26H40N2O4. The molecule has 0 aromatic carbocycles. The Morgan fingerprint density at radius 2 is 2.03 bits per heavy atom. The average molecular weight is 445 g/mol. The first-order chi connectivity index (χ1) is 15.5. The average Bonchev–Trinajstić information content (AvgIpc) is 3.11. The Bertz CT molecular complexity index is 692. The molecule has 32 heavy (non-hydrogen) atoms. The summed E-state index contributed by atoms with van der Waals surface area (Å²) >= 11 is 0. The van der Waals surface area contributed by atoms with E-state index in [-0.39, 0.29) is 29.7 Å². The van der Waals surface area contributed by atoms with Crippen molar-refractivity contribution in [2.24, 2.45) is 5.92 Å². The zero-order valence-electron chi connectivity index (χ0n) is 19.9. The van der Waals surface area contributed by atoms with E-state index in [0.29, 0.717) is 31.6 Å². The predicted octanol–water partition coefficient (Wildman–Crippen LogP) is 4.51. The highest BCUT2D eigenvalue weighted by Gasteiger charge is 2.37. The number of carbonyl (C=O) groups excluding carboxylic acids is 3. The van der Waals surface area contributed by atoms with Crippen molar-refractivity contribution < 1.29 is 19.1 Å². The van der Waals surface area contributed by atoms with E-state index in [4.69, 9.17) is 11.2 Å². The summed E-state index contributed by atoms with van der Waals surface area (Å²) in [6.07, 6.45) is 18.2. The van der Waals surface area contributed by atoms with Crippen LogP contribution in [0.4, 0.5) is 0 Å². The molecule has 0 aromatic heterocycles. The fourth-order valence-corrected chi connectivity index (χ4v) is 3.85. The molecule has 1 aliphatic heterocycles. The monoisotopic (exact) mass is 444 g/mol. The number of imide groups is 1. The maximum Gasteiger partial charge on any atom is 0.257 e. The summed E-state index contributed by atoms with van der Waals surface area (Å²) in [5.74, 6) is 2.74. The van der Waals surface area contributed by atoms with Crippen molar-refractivity contribution in [1.29, 1.82) is 0 Å². The van der Waals surface area contributed by atoms with Gasteiger partial charge in [-0.3, -0.25) is 19.3 Å². The van der Waals surface area contributed by atoms with Crippen LogP contribution in [-0.4, -0.2) is 42.3 Å². The maximum absolute atomic E-state index is 12.7. The van der Waals surface area contributed by atoms with Crippen molar-refractivity contribution in [3.8, 4) is 12.3 Å². The molecule has 1 N–H and O–H groups in total. The standard InChI is InChI=1S/C26H40N2O4/c1-5-7-9-11-13-18-24(29)28-22(23(32-4)20-25(28)30)17-14-15-19-27-26(31)21(3)16-12-10-8-6-2/h1,6,20-22H,2,7-19H2,3-4H3,(H,27,31)/t21-,22+/m1/s1. The van der Waals surface area contributed by atoms with Gasteiger partial charge in [-0.1, -0.05) is 25.8 Å². The van der Waals surface area contributed by atoms with Gasteiger partial charge >= 0.3 is 0 Å². The number of nitrogens with zero attached hydrogens (tertiary/aromatic N) is 1. The van der Waals surface area contributed by atoms with E-state index in [1.807, 2.05) is 13.0 Å². The number of rotatable bonds is 17. The van der Waals surface area contributed by atoms with Crippen LogP contribution >= 0.6 is 0 Å². The third kappa shape index (κ3) is 9.72. The number of carbonyl (C=O) groups is 3. The molecule has 178 valence electrons. The quantitative estimate of drug-likeness (QED) is 0.203. The number of methoxy groups -OCH3 is 1. The highest BCUT2D eigenvalue weighted by atomic mass is 16.5. The minimum Gasteiger partial charge on any atom is -0.499 e. The van der Waals surface area contributed by atoms with E-state index >= 15 is 0 Å². The molecule has 1 heterocycles. The summed E-state index contributed by atoms with van der Waals surface area (Å²) in [6, 6.07) is -0.356. The van der Waals surface area contributed by atoms with Gasteiger partial charge in [0, 0.05) is 31.4 Å². The highest BCUT2D eigenvalue weighted by molar-refractivity contribution is 6.04. The molecule has 0 unspecified atom stereocenters. The van der Waals surface area contributed by atoms with Gasteiger partial charge in [-0.15, -0.1) is 18.9 Å². The van der Waals surface area contributed by atoms with Gasteiger partial charge in [-0.05, 0) is 51.4 Å². The van der Waals surface area contributed by atoms with Crippen LogP contribution in [0.25, 0.3) is 0 Å². The Kier molecular flexibility index (Phi) is 13.9. The van der Waals surface area contributed by atoms with E-state index in [1.54, 1.807) is 0 Å². The zero-order chi connectivity index (χ0) is 23.8. The van der Waals surface area contributed by atoms with Crippen LogP contribution in [0.15, 0.2) is 24.5 Å². The van der Waals surface area contributed by atoms with Crippen molar-refractivity contribution in [2.45, 2.75) is 90.0 Å². The lowest BCUT2D eigenvalue weighted by molar-refractivity contribution is -0.143. The summed E-state index contributed by atoms with van der Waals surface area (Å²) < 4.78 is 5.36. The van der Waals surface area contributed by atoms with Crippen molar-refractivity contribution in [3.05, 3.63) is 24.5 Å². The minimum absolute atomic E-state index is 0.00374. The molecule has 0 spiro atoms. The Morgan fingerprint density at radius 1 is 1.25 bits per heavy atom. The van der Waals surface area contributed by atoms with E-state index in [1.165, 1.54) is 18.1 Å².